The highest BCUT2D eigenvalue weighted by molar-refractivity contribution is 5.62. The normalized spacial score (nSPS) is 11.0. The molecule has 4 nitrogen and oxygen atoms in total. The Hall–Kier alpha value is -2.67. The number of aliphatic hydroxyl groups is 1. The van der Waals surface area contributed by atoms with Crippen molar-refractivity contribution in [3.05, 3.63) is 71.2 Å². The number of hydrogen-bond donors (Lipinski definition) is 1. The molecule has 23 heavy (non-hydrogen) atoms. The van der Waals surface area contributed by atoms with Gasteiger partial charge in [-0.15, -0.1) is 5.10 Å². The van der Waals surface area contributed by atoms with Gasteiger partial charge in [0.1, 0.15) is 11.5 Å². The van der Waals surface area contributed by atoms with Gasteiger partial charge in [-0.25, -0.2) is 17.9 Å². The summed E-state index contributed by atoms with van der Waals surface area (Å²) in [6.45, 7) is -0.375. The number of benzene rings is 2. The zero-order valence-corrected chi connectivity index (χ0v) is 11.9. The van der Waals surface area contributed by atoms with Crippen molar-refractivity contribution in [2.24, 2.45) is 0 Å². The van der Waals surface area contributed by atoms with Crippen molar-refractivity contribution in [1.82, 2.24) is 15.0 Å². The standard InChI is InChI=1S/C16H12F3N3O/c17-12-4-2-1-3-11(12)8-22-16(15(9-23)20-21-22)10-5-6-13(18)14(19)7-10/h1-7,23H,8-9H2. The lowest BCUT2D eigenvalue weighted by Crippen LogP contribution is -2.06. The average molecular weight is 319 g/mol. The third-order valence-electron chi connectivity index (χ3n) is 3.43. The van der Waals surface area contributed by atoms with E-state index in [2.05, 4.69) is 10.3 Å². The van der Waals surface area contributed by atoms with Crippen LogP contribution in [0.15, 0.2) is 42.5 Å². The highest BCUT2D eigenvalue weighted by Crippen LogP contribution is 2.25. The maximum absolute atomic E-state index is 13.8. The van der Waals surface area contributed by atoms with Gasteiger partial charge in [-0.2, -0.15) is 0 Å². The predicted molar refractivity (Wildman–Crippen MR) is 76.8 cm³/mol. The first kappa shape index (κ1) is 15.2. The number of nitrogens with zero attached hydrogens (tertiary/aromatic N) is 3. The second-order valence-electron chi connectivity index (χ2n) is 4.92. The lowest BCUT2D eigenvalue weighted by atomic mass is 10.1. The Labute approximate surface area is 129 Å². The Morgan fingerprint density at radius 1 is 0.957 bits per heavy atom. The maximum atomic E-state index is 13.8. The van der Waals surface area contributed by atoms with E-state index >= 15 is 0 Å². The largest absolute Gasteiger partial charge is 0.390 e. The van der Waals surface area contributed by atoms with Crippen LogP contribution < -0.4 is 0 Å². The Morgan fingerprint density at radius 3 is 2.43 bits per heavy atom. The molecule has 0 aliphatic carbocycles. The summed E-state index contributed by atoms with van der Waals surface area (Å²) in [7, 11) is 0. The van der Waals surface area contributed by atoms with E-state index in [0.29, 0.717) is 16.8 Å². The highest BCUT2D eigenvalue weighted by atomic mass is 19.2. The average Bonchev–Trinajstić information content (AvgIpc) is 2.95. The molecule has 118 valence electrons. The fraction of sp³-hybridized carbons (Fsp3) is 0.125. The first-order valence-electron chi connectivity index (χ1n) is 6.82. The molecule has 1 aromatic heterocycles. The summed E-state index contributed by atoms with van der Waals surface area (Å²) in [5.74, 6) is -2.41. The molecule has 0 spiro atoms. The van der Waals surface area contributed by atoms with Gasteiger partial charge >= 0.3 is 0 Å². The van der Waals surface area contributed by atoms with Crippen LogP contribution in [-0.4, -0.2) is 20.1 Å². The molecule has 1 heterocycles. The Balaban J connectivity index is 2.07. The molecule has 3 aromatic rings. The van der Waals surface area contributed by atoms with Crippen LogP contribution in [0.3, 0.4) is 0 Å². The third-order valence-corrected chi connectivity index (χ3v) is 3.43. The fourth-order valence-electron chi connectivity index (χ4n) is 2.31. The lowest BCUT2D eigenvalue weighted by Gasteiger charge is -2.09. The maximum Gasteiger partial charge on any atom is 0.159 e. The number of aromatic nitrogens is 3. The van der Waals surface area contributed by atoms with Crippen LogP contribution in [0.2, 0.25) is 0 Å². The van der Waals surface area contributed by atoms with Gasteiger partial charge in [0.25, 0.3) is 0 Å². The minimum Gasteiger partial charge on any atom is -0.390 e. The molecular formula is C16H12F3N3O. The molecule has 0 amide bonds. The summed E-state index contributed by atoms with van der Waals surface area (Å²) < 4.78 is 41.7. The summed E-state index contributed by atoms with van der Waals surface area (Å²) in [5.41, 5.74) is 1.18. The van der Waals surface area contributed by atoms with Crippen LogP contribution in [0.4, 0.5) is 13.2 Å². The van der Waals surface area contributed by atoms with E-state index in [9.17, 15) is 18.3 Å². The van der Waals surface area contributed by atoms with Gasteiger partial charge in [0.2, 0.25) is 0 Å². The molecule has 1 N–H and O–H groups in total. The molecule has 2 aromatic carbocycles. The molecule has 0 aliphatic heterocycles. The van der Waals surface area contributed by atoms with Crippen LogP contribution in [0.1, 0.15) is 11.3 Å². The zero-order chi connectivity index (χ0) is 16.4. The van der Waals surface area contributed by atoms with Crippen LogP contribution >= 0.6 is 0 Å². The van der Waals surface area contributed by atoms with Crippen molar-refractivity contribution in [2.45, 2.75) is 13.2 Å². The van der Waals surface area contributed by atoms with Crippen molar-refractivity contribution in [1.29, 1.82) is 0 Å². The smallest absolute Gasteiger partial charge is 0.159 e. The lowest BCUT2D eigenvalue weighted by molar-refractivity contribution is 0.277. The molecule has 0 radical (unpaired) electrons. The highest BCUT2D eigenvalue weighted by Gasteiger charge is 2.17. The van der Waals surface area contributed by atoms with Crippen LogP contribution in [0.5, 0.6) is 0 Å². The fourth-order valence-corrected chi connectivity index (χ4v) is 2.31. The van der Waals surface area contributed by atoms with Gasteiger partial charge in [-0.3, -0.25) is 0 Å². The number of halogens is 3. The first-order valence-corrected chi connectivity index (χ1v) is 6.82. The van der Waals surface area contributed by atoms with E-state index in [1.807, 2.05) is 0 Å². The Morgan fingerprint density at radius 2 is 1.74 bits per heavy atom. The van der Waals surface area contributed by atoms with Crippen LogP contribution in [0, 0.1) is 17.5 Å². The minimum absolute atomic E-state index is 0.0496. The SMILES string of the molecule is OCc1nnn(Cc2ccccc2F)c1-c1ccc(F)c(F)c1. The van der Waals surface area contributed by atoms with E-state index in [4.69, 9.17) is 0 Å². The van der Waals surface area contributed by atoms with Crippen molar-refractivity contribution < 1.29 is 18.3 Å². The van der Waals surface area contributed by atoms with E-state index < -0.39 is 24.1 Å². The first-order chi connectivity index (χ1) is 11.1. The van der Waals surface area contributed by atoms with Gasteiger partial charge in [-0.1, -0.05) is 23.4 Å². The van der Waals surface area contributed by atoms with Crippen molar-refractivity contribution in [3.63, 3.8) is 0 Å². The molecule has 0 fully saturated rings. The topological polar surface area (TPSA) is 50.9 Å². The van der Waals surface area contributed by atoms with Gasteiger partial charge < -0.3 is 5.11 Å². The molecule has 3 rings (SSSR count). The number of hydrogen-bond acceptors (Lipinski definition) is 3. The molecule has 0 saturated carbocycles. The Kier molecular flexibility index (Phi) is 4.12. The zero-order valence-electron chi connectivity index (χ0n) is 11.9. The van der Waals surface area contributed by atoms with Gasteiger partial charge in [0.15, 0.2) is 11.6 Å². The summed E-state index contributed by atoms with van der Waals surface area (Å²) in [6, 6.07) is 9.47. The van der Waals surface area contributed by atoms with E-state index in [-0.39, 0.29) is 12.2 Å². The van der Waals surface area contributed by atoms with Gasteiger partial charge in [0, 0.05) is 11.1 Å². The molecule has 0 atom stereocenters. The van der Waals surface area contributed by atoms with E-state index in [0.717, 1.165) is 12.1 Å². The van der Waals surface area contributed by atoms with E-state index in [1.165, 1.54) is 16.8 Å². The van der Waals surface area contributed by atoms with Crippen molar-refractivity contribution in [2.75, 3.05) is 0 Å². The molecular weight excluding hydrogens is 307 g/mol. The number of rotatable bonds is 4. The minimum atomic E-state index is -1.02. The second kappa shape index (κ2) is 6.21. The quantitative estimate of drug-likeness (QED) is 0.804. The number of aliphatic hydroxyl groups excluding tert-OH is 1. The molecule has 0 saturated heterocycles. The third kappa shape index (κ3) is 2.95. The Bertz CT molecular complexity index is 848. The van der Waals surface area contributed by atoms with Gasteiger partial charge in [-0.05, 0) is 24.3 Å². The second-order valence-corrected chi connectivity index (χ2v) is 4.92. The van der Waals surface area contributed by atoms with E-state index in [1.54, 1.807) is 18.2 Å². The molecule has 0 unspecified atom stereocenters. The molecule has 0 bridgehead atoms. The summed E-state index contributed by atoms with van der Waals surface area (Å²) >= 11 is 0. The van der Waals surface area contributed by atoms with Crippen molar-refractivity contribution in [3.8, 4) is 11.3 Å². The van der Waals surface area contributed by atoms with Crippen molar-refractivity contribution >= 4 is 0 Å². The molecule has 7 heteroatoms. The molecule has 0 aliphatic rings. The summed E-state index contributed by atoms with van der Waals surface area (Å²) in [6.07, 6.45) is 0. The van der Waals surface area contributed by atoms with Crippen LogP contribution in [0.25, 0.3) is 11.3 Å². The van der Waals surface area contributed by atoms with Crippen LogP contribution in [-0.2, 0) is 13.2 Å². The monoisotopic (exact) mass is 319 g/mol. The predicted octanol–water partition coefficient (Wildman–Crippen LogP) is 2.90. The van der Waals surface area contributed by atoms with Gasteiger partial charge in [0.05, 0.1) is 18.8 Å². The summed E-state index contributed by atoms with van der Waals surface area (Å²) in [4.78, 5) is 0. The summed E-state index contributed by atoms with van der Waals surface area (Å²) in [5, 5.41) is 17.1.